The number of rotatable bonds is 7. The lowest BCUT2D eigenvalue weighted by Crippen LogP contribution is -2.36. The zero-order valence-corrected chi connectivity index (χ0v) is 25.6. The molecule has 0 radical (unpaired) electrons. The van der Waals surface area contributed by atoms with Gasteiger partial charge in [0.15, 0.2) is 0 Å². The lowest BCUT2D eigenvalue weighted by atomic mass is 10.1. The monoisotopic (exact) mass is 631 g/mol. The van der Waals surface area contributed by atoms with Gasteiger partial charge in [-0.05, 0) is 65.1 Å². The van der Waals surface area contributed by atoms with Gasteiger partial charge in [0.05, 0.1) is 0 Å². The predicted molar refractivity (Wildman–Crippen MR) is 156 cm³/mol. The molecule has 4 rings (SSSR count). The topological polar surface area (TPSA) is 54.0 Å². The Morgan fingerprint density at radius 3 is 1.66 bits per heavy atom. The summed E-state index contributed by atoms with van der Waals surface area (Å²) in [6, 6.07) is 8.40. The van der Waals surface area contributed by atoms with E-state index < -0.39 is 0 Å². The molecule has 7 nitrogen and oxygen atoms in total. The Labute approximate surface area is 235 Å². The first-order valence-corrected chi connectivity index (χ1v) is 13.1. The van der Waals surface area contributed by atoms with E-state index in [4.69, 9.17) is 19.4 Å². The van der Waals surface area contributed by atoms with Gasteiger partial charge < -0.3 is 24.2 Å². The quantitative estimate of drug-likeness (QED) is 0.378. The Balaban J connectivity index is 0.00000216. The van der Waals surface area contributed by atoms with Gasteiger partial charge in [-0.3, -0.25) is 0 Å². The molecule has 0 bridgehead atoms. The zero-order chi connectivity index (χ0) is 23.4. The summed E-state index contributed by atoms with van der Waals surface area (Å²) in [7, 11) is 6.32. The van der Waals surface area contributed by atoms with E-state index >= 15 is 0 Å². The second kappa shape index (κ2) is 14.0. The Hall–Kier alpha value is -1.07. The highest BCUT2D eigenvalue weighted by Crippen LogP contribution is 2.39. The SMILES string of the molecule is Br.Br.CSc1c(OC2CCN(C)CC2)nc(N(C)c2ccc(C)cc2)nc1OC1CCN(C)CC1. The second-order valence-corrected chi connectivity index (χ2v) is 10.1. The minimum atomic E-state index is 0. The molecule has 0 unspecified atom stereocenters. The van der Waals surface area contributed by atoms with Crippen molar-refractivity contribution in [3.05, 3.63) is 29.8 Å². The van der Waals surface area contributed by atoms with Crippen molar-refractivity contribution in [2.75, 3.05) is 58.5 Å². The molecule has 0 aliphatic carbocycles. The van der Waals surface area contributed by atoms with Crippen LogP contribution in [0.15, 0.2) is 29.2 Å². The summed E-state index contributed by atoms with van der Waals surface area (Å²) in [5, 5.41) is 0. The van der Waals surface area contributed by atoms with Crippen LogP contribution in [-0.2, 0) is 0 Å². The summed E-state index contributed by atoms with van der Waals surface area (Å²) >= 11 is 1.60. The van der Waals surface area contributed by atoms with Crippen LogP contribution in [0.5, 0.6) is 11.8 Å². The molecule has 35 heavy (non-hydrogen) atoms. The number of thioether (sulfide) groups is 1. The minimum Gasteiger partial charge on any atom is -0.473 e. The first kappa shape index (κ1) is 30.2. The van der Waals surface area contributed by atoms with Crippen LogP contribution in [0.3, 0.4) is 0 Å². The number of likely N-dealkylation sites (tertiary alicyclic amines) is 2. The van der Waals surface area contributed by atoms with Crippen molar-refractivity contribution in [2.24, 2.45) is 0 Å². The average molecular weight is 633 g/mol. The molecule has 0 N–H and O–H groups in total. The third-order valence-electron chi connectivity index (χ3n) is 6.60. The third kappa shape index (κ3) is 7.95. The number of benzene rings is 1. The molecule has 3 heterocycles. The van der Waals surface area contributed by atoms with E-state index in [1.807, 2.05) is 18.2 Å². The minimum absolute atomic E-state index is 0. The van der Waals surface area contributed by atoms with Crippen LogP contribution in [0.25, 0.3) is 0 Å². The number of ether oxygens (including phenoxy) is 2. The van der Waals surface area contributed by atoms with Crippen molar-refractivity contribution in [1.29, 1.82) is 0 Å². The molecule has 2 aromatic rings. The van der Waals surface area contributed by atoms with E-state index in [-0.39, 0.29) is 46.2 Å². The Bertz CT molecular complexity index is 876. The maximum atomic E-state index is 6.50. The average Bonchev–Trinajstić information content (AvgIpc) is 2.82. The molecular weight excluding hydrogens is 594 g/mol. The molecule has 0 spiro atoms. The lowest BCUT2D eigenvalue weighted by Gasteiger charge is -2.31. The van der Waals surface area contributed by atoms with Crippen molar-refractivity contribution in [2.45, 2.75) is 49.7 Å². The van der Waals surface area contributed by atoms with Gasteiger partial charge in [-0.1, -0.05) is 17.7 Å². The highest BCUT2D eigenvalue weighted by Gasteiger charge is 2.27. The third-order valence-corrected chi connectivity index (χ3v) is 7.36. The second-order valence-electron chi connectivity index (χ2n) is 9.30. The van der Waals surface area contributed by atoms with Crippen molar-refractivity contribution in [1.82, 2.24) is 19.8 Å². The molecule has 1 aromatic heterocycles. The molecule has 0 atom stereocenters. The summed E-state index contributed by atoms with van der Waals surface area (Å²) in [5.41, 5.74) is 2.26. The van der Waals surface area contributed by atoms with Crippen molar-refractivity contribution >= 4 is 57.4 Å². The largest absolute Gasteiger partial charge is 0.473 e. The maximum Gasteiger partial charge on any atom is 0.236 e. The summed E-state index contributed by atoms with van der Waals surface area (Å²) < 4.78 is 13.0. The summed E-state index contributed by atoms with van der Waals surface area (Å²) in [4.78, 5) is 17.4. The standard InChI is InChI=1S/C25H37N5O2S.2BrH/c1-18-6-8-19(9-7-18)30(4)25-26-23(31-20-10-14-28(2)15-11-20)22(33-5)24(27-25)32-21-12-16-29(3)17-13-21;;/h6-9,20-21H,10-17H2,1-5H3;2*1H. The predicted octanol–water partition coefficient (Wildman–Crippen LogP) is 5.38. The van der Waals surface area contributed by atoms with Crippen LogP contribution in [0.4, 0.5) is 11.6 Å². The molecule has 2 aliphatic rings. The Kier molecular flexibility index (Phi) is 12.1. The fraction of sp³-hybridized carbons (Fsp3) is 0.600. The number of nitrogens with zero attached hydrogens (tertiary/aromatic N) is 5. The Morgan fingerprint density at radius 2 is 1.26 bits per heavy atom. The van der Waals surface area contributed by atoms with Crippen molar-refractivity contribution < 1.29 is 9.47 Å². The number of aryl methyl sites for hydroxylation is 1. The van der Waals surface area contributed by atoms with Gasteiger partial charge in [0.1, 0.15) is 17.1 Å². The van der Waals surface area contributed by atoms with Crippen molar-refractivity contribution in [3.63, 3.8) is 0 Å². The molecule has 0 amide bonds. The molecule has 2 aliphatic heterocycles. The fourth-order valence-corrected chi connectivity index (χ4v) is 4.83. The smallest absolute Gasteiger partial charge is 0.236 e. The number of aromatic nitrogens is 2. The molecule has 1 aromatic carbocycles. The van der Waals surface area contributed by atoms with Crippen LogP contribution < -0.4 is 14.4 Å². The van der Waals surface area contributed by atoms with Gasteiger partial charge in [-0.25, -0.2) is 0 Å². The Morgan fingerprint density at radius 1 is 0.829 bits per heavy atom. The van der Waals surface area contributed by atoms with Crippen LogP contribution in [0.2, 0.25) is 0 Å². The summed E-state index contributed by atoms with van der Waals surface area (Å²) in [6.45, 7) is 6.26. The number of anilines is 2. The van der Waals surface area contributed by atoms with E-state index in [1.165, 1.54) is 5.56 Å². The lowest BCUT2D eigenvalue weighted by molar-refractivity contribution is 0.0962. The van der Waals surface area contributed by atoms with Gasteiger partial charge in [0.25, 0.3) is 0 Å². The molecular formula is C25H39Br2N5O2S. The first-order valence-electron chi connectivity index (χ1n) is 11.9. The van der Waals surface area contributed by atoms with Crippen LogP contribution in [0, 0.1) is 6.92 Å². The van der Waals surface area contributed by atoms with Crippen LogP contribution in [-0.4, -0.2) is 85.6 Å². The van der Waals surface area contributed by atoms with E-state index in [1.54, 1.807) is 11.8 Å². The van der Waals surface area contributed by atoms with Gasteiger partial charge in [-0.15, -0.1) is 45.7 Å². The summed E-state index contributed by atoms with van der Waals surface area (Å²) in [5.74, 6) is 1.88. The normalized spacial score (nSPS) is 17.9. The van der Waals surface area contributed by atoms with Crippen molar-refractivity contribution in [3.8, 4) is 11.8 Å². The number of piperidine rings is 2. The van der Waals surface area contributed by atoms with Crippen LogP contribution >= 0.6 is 45.7 Å². The highest BCUT2D eigenvalue weighted by molar-refractivity contribution is 8.93. The molecule has 2 fully saturated rings. The van der Waals surface area contributed by atoms with E-state index in [2.05, 4.69) is 55.1 Å². The number of hydrogen-bond donors (Lipinski definition) is 0. The fourth-order valence-electron chi connectivity index (χ4n) is 4.29. The molecule has 0 saturated carbocycles. The first-order chi connectivity index (χ1) is 15.9. The van der Waals surface area contributed by atoms with E-state index in [0.717, 1.165) is 62.4 Å². The van der Waals surface area contributed by atoms with Gasteiger partial charge >= 0.3 is 0 Å². The number of hydrogen-bond acceptors (Lipinski definition) is 8. The van der Waals surface area contributed by atoms with Crippen LogP contribution in [0.1, 0.15) is 31.2 Å². The van der Waals surface area contributed by atoms with E-state index in [0.29, 0.717) is 17.7 Å². The highest BCUT2D eigenvalue weighted by atomic mass is 79.9. The zero-order valence-electron chi connectivity index (χ0n) is 21.4. The number of halogens is 2. The molecule has 2 saturated heterocycles. The van der Waals surface area contributed by atoms with Gasteiger partial charge in [-0.2, -0.15) is 9.97 Å². The van der Waals surface area contributed by atoms with E-state index in [9.17, 15) is 0 Å². The maximum absolute atomic E-state index is 6.50. The van der Waals surface area contributed by atoms with Gasteiger partial charge in [0, 0.05) is 38.9 Å². The van der Waals surface area contributed by atoms with Gasteiger partial charge in [0.2, 0.25) is 17.7 Å². The summed E-state index contributed by atoms with van der Waals surface area (Å²) in [6.07, 6.45) is 6.38. The molecule has 196 valence electrons. The molecule has 10 heteroatoms.